The zero-order valence-electron chi connectivity index (χ0n) is 17.7. The second kappa shape index (κ2) is 12.8. The lowest BCUT2D eigenvalue weighted by atomic mass is 10.1. The Morgan fingerprint density at radius 3 is 2.69 bits per heavy atom. The summed E-state index contributed by atoms with van der Waals surface area (Å²) in [6.07, 6.45) is 5.67. The van der Waals surface area contributed by atoms with Crippen molar-refractivity contribution in [1.29, 1.82) is 0 Å². The van der Waals surface area contributed by atoms with Gasteiger partial charge in [0.05, 0.1) is 12.7 Å². The minimum atomic E-state index is -0.321. The van der Waals surface area contributed by atoms with E-state index in [4.69, 9.17) is 4.74 Å². The summed E-state index contributed by atoms with van der Waals surface area (Å²) in [6.45, 7) is 5.94. The maximum absolute atomic E-state index is 12.0. The Morgan fingerprint density at radius 2 is 1.97 bits per heavy atom. The van der Waals surface area contributed by atoms with Gasteiger partial charge in [-0.1, -0.05) is 18.6 Å². The number of hydrogen-bond donors (Lipinski definition) is 2. The zero-order chi connectivity index (χ0) is 20.9. The summed E-state index contributed by atoms with van der Waals surface area (Å²) in [5, 5.41) is 6.60. The molecule has 2 rings (SSSR count). The van der Waals surface area contributed by atoms with Crippen molar-refractivity contribution >= 4 is 17.8 Å². The Hall–Kier alpha value is -2.57. The van der Waals surface area contributed by atoms with Crippen LogP contribution >= 0.6 is 0 Å². The molecule has 1 saturated heterocycles. The number of rotatable bonds is 9. The van der Waals surface area contributed by atoms with Crippen LogP contribution in [0.15, 0.2) is 29.3 Å². The average molecular weight is 403 g/mol. The molecule has 7 nitrogen and oxygen atoms in total. The molecule has 1 aliphatic heterocycles. The van der Waals surface area contributed by atoms with Crippen LogP contribution in [0.25, 0.3) is 0 Å². The van der Waals surface area contributed by atoms with Gasteiger partial charge in [0.2, 0.25) is 5.91 Å². The van der Waals surface area contributed by atoms with Gasteiger partial charge in [0.25, 0.3) is 0 Å². The standard InChI is InChI=1S/C22H34N4O3/c1-3-23-22(24-14-7-17-26-16-6-4-5-8-20(26)27)25-15-13-18-9-11-19(12-10-18)21(28)29-2/h9-12H,3-8,13-17H2,1-2H3,(H2,23,24,25). The maximum atomic E-state index is 12.0. The lowest BCUT2D eigenvalue weighted by Gasteiger charge is -2.20. The molecule has 1 fully saturated rings. The van der Waals surface area contributed by atoms with E-state index >= 15 is 0 Å². The van der Waals surface area contributed by atoms with E-state index in [1.54, 1.807) is 12.1 Å². The van der Waals surface area contributed by atoms with E-state index in [1.807, 2.05) is 24.0 Å². The first-order chi connectivity index (χ1) is 14.1. The van der Waals surface area contributed by atoms with Crippen molar-refractivity contribution in [3.05, 3.63) is 35.4 Å². The second-order valence-corrected chi connectivity index (χ2v) is 7.17. The average Bonchev–Trinajstić information content (AvgIpc) is 2.95. The van der Waals surface area contributed by atoms with Crippen molar-refractivity contribution in [2.24, 2.45) is 4.99 Å². The molecule has 160 valence electrons. The second-order valence-electron chi connectivity index (χ2n) is 7.17. The fraction of sp³-hybridized carbons (Fsp3) is 0.591. The van der Waals surface area contributed by atoms with Gasteiger partial charge in [-0.05, 0) is 50.3 Å². The highest BCUT2D eigenvalue weighted by molar-refractivity contribution is 5.89. The quantitative estimate of drug-likeness (QED) is 0.287. The highest BCUT2D eigenvalue weighted by atomic mass is 16.5. The predicted molar refractivity (Wildman–Crippen MR) is 115 cm³/mol. The number of carbonyl (C=O) groups excluding carboxylic acids is 2. The number of amides is 1. The van der Waals surface area contributed by atoms with Crippen LogP contribution in [-0.4, -0.2) is 62.6 Å². The van der Waals surface area contributed by atoms with Gasteiger partial charge in [0, 0.05) is 39.1 Å². The summed E-state index contributed by atoms with van der Waals surface area (Å²) >= 11 is 0. The molecule has 1 heterocycles. The van der Waals surface area contributed by atoms with E-state index in [-0.39, 0.29) is 11.9 Å². The molecule has 1 amide bonds. The highest BCUT2D eigenvalue weighted by Crippen LogP contribution is 2.11. The van der Waals surface area contributed by atoms with Crippen LogP contribution in [0.1, 0.15) is 54.9 Å². The van der Waals surface area contributed by atoms with Gasteiger partial charge in [-0.3, -0.25) is 9.79 Å². The third kappa shape index (κ3) is 8.13. The number of methoxy groups -OCH3 is 1. The van der Waals surface area contributed by atoms with Gasteiger partial charge in [0.1, 0.15) is 0 Å². The molecule has 2 N–H and O–H groups in total. The van der Waals surface area contributed by atoms with E-state index in [2.05, 4.69) is 15.6 Å². The number of nitrogens with one attached hydrogen (secondary N) is 2. The summed E-state index contributed by atoms with van der Waals surface area (Å²) in [6, 6.07) is 7.45. The third-order valence-corrected chi connectivity index (χ3v) is 4.95. The molecule has 0 saturated carbocycles. The van der Waals surface area contributed by atoms with E-state index in [0.29, 0.717) is 18.5 Å². The van der Waals surface area contributed by atoms with Crippen molar-refractivity contribution < 1.29 is 14.3 Å². The van der Waals surface area contributed by atoms with Gasteiger partial charge < -0.3 is 20.3 Å². The minimum absolute atomic E-state index is 0.287. The number of hydrogen-bond acceptors (Lipinski definition) is 4. The third-order valence-electron chi connectivity index (χ3n) is 4.95. The van der Waals surface area contributed by atoms with Gasteiger partial charge in [-0.25, -0.2) is 4.79 Å². The molecule has 0 aliphatic carbocycles. The molecule has 1 aromatic carbocycles. The summed E-state index contributed by atoms with van der Waals surface area (Å²) in [5.41, 5.74) is 1.70. The SMILES string of the molecule is CCNC(=NCCCN1CCCCCC1=O)NCCc1ccc(C(=O)OC)cc1. The predicted octanol–water partition coefficient (Wildman–Crippen LogP) is 2.36. The first-order valence-electron chi connectivity index (χ1n) is 10.6. The molecule has 7 heteroatoms. The molecule has 0 bridgehead atoms. The topological polar surface area (TPSA) is 83.0 Å². The Bertz CT molecular complexity index is 673. The van der Waals surface area contributed by atoms with Gasteiger partial charge in [-0.15, -0.1) is 0 Å². The molecule has 29 heavy (non-hydrogen) atoms. The normalized spacial score (nSPS) is 15.0. The van der Waals surface area contributed by atoms with Crippen molar-refractivity contribution in [1.82, 2.24) is 15.5 Å². The number of nitrogens with zero attached hydrogens (tertiary/aromatic N) is 2. The number of ether oxygens (including phenoxy) is 1. The Labute approximate surface area is 173 Å². The molecular formula is C22H34N4O3. The fourth-order valence-corrected chi connectivity index (χ4v) is 3.32. The van der Waals surface area contributed by atoms with Gasteiger partial charge in [0.15, 0.2) is 5.96 Å². The van der Waals surface area contributed by atoms with Crippen LogP contribution in [-0.2, 0) is 16.0 Å². The summed E-state index contributed by atoms with van der Waals surface area (Å²) in [4.78, 5) is 30.1. The first-order valence-corrected chi connectivity index (χ1v) is 10.6. The molecule has 1 aliphatic rings. The van der Waals surface area contributed by atoms with Crippen LogP contribution in [0.2, 0.25) is 0 Å². The minimum Gasteiger partial charge on any atom is -0.465 e. The maximum Gasteiger partial charge on any atom is 0.337 e. The van der Waals surface area contributed by atoms with Crippen LogP contribution in [0.5, 0.6) is 0 Å². The van der Waals surface area contributed by atoms with Crippen LogP contribution in [0, 0.1) is 0 Å². The van der Waals surface area contributed by atoms with Crippen LogP contribution in [0.4, 0.5) is 0 Å². The zero-order valence-corrected chi connectivity index (χ0v) is 17.7. The first kappa shape index (κ1) is 22.7. The monoisotopic (exact) mass is 402 g/mol. The number of aliphatic imine (C=N–C) groups is 1. The number of carbonyl (C=O) groups is 2. The lowest BCUT2D eigenvalue weighted by Crippen LogP contribution is -2.38. The van der Waals surface area contributed by atoms with Crippen molar-refractivity contribution in [3.63, 3.8) is 0 Å². The van der Waals surface area contributed by atoms with E-state index in [0.717, 1.165) is 69.8 Å². The molecule has 0 radical (unpaired) electrons. The van der Waals surface area contributed by atoms with Crippen molar-refractivity contribution in [3.8, 4) is 0 Å². The molecule has 0 aromatic heterocycles. The number of likely N-dealkylation sites (tertiary alicyclic amines) is 1. The summed E-state index contributed by atoms with van der Waals surface area (Å²) in [5.74, 6) is 0.758. The Balaban J connectivity index is 1.74. The summed E-state index contributed by atoms with van der Waals surface area (Å²) in [7, 11) is 1.38. The molecular weight excluding hydrogens is 368 g/mol. The highest BCUT2D eigenvalue weighted by Gasteiger charge is 2.15. The molecule has 0 atom stereocenters. The number of esters is 1. The molecule has 0 spiro atoms. The van der Waals surface area contributed by atoms with Crippen LogP contribution < -0.4 is 10.6 Å². The van der Waals surface area contributed by atoms with E-state index in [9.17, 15) is 9.59 Å². The summed E-state index contributed by atoms with van der Waals surface area (Å²) < 4.78 is 4.72. The van der Waals surface area contributed by atoms with E-state index in [1.165, 1.54) is 7.11 Å². The lowest BCUT2D eigenvalue weighted by molar-refractivity contribution is -0.130. The Morgan fingerprint density at radius 1 is 1.17 bits per heavy atom. The largest absolute Gasteiger partial charge is 0.465 e. The molecule has 1 aromatic rings. The van der Waals surface area contributed by atoms with Crippen molar-refractivity contribution in [2.75, 3.05) is 39.8 Å². The Kier molecular flexibility index (Phi) is 10.0. The van der Waals surface area contributed by atoms with Gasteiger partial charge >= 0.3 is 5.97 Å². The van der Waals surface area contributed by atoms with E-state index < -0.39 is 0 Å². The van der Waals surface area contributed by atoms with Gasteiger partial charge in [-0.2, -0.15) is 0 Å². The smallest absolute Gasteiger partial charge is 0.337 e. The number of benzene rings is 1. The van der Waals surface area contributed by atoms with Crippen molar-refractivity contribution in [2.45, 2.75) is 45.4 Å². The fourth-order valence-electron chi connectivity index (χ4n) is 3.32. The van der Waals surface area contributed by atoms with Crippen LogP contribution in [0.3, 0.4) is 0 Å². The number of guanidine groups is 1. The molecule has 0 unspecified atom stereocenters.